The quantitative estimate of drug-likeness (QED) is 0.159. The topological polar surface area (TPSA) is 59.8 Å². The third-order valence-electron chi connectivity index (χ3n) is 13.3. The van der Waals surface area contributed by atoms with E-state index in [1.54, 1.807) is 0 Å². The lowest BCUT2D eigenvalue weighted by Gasteiger charge is -2.27. The van der Waals surface area contributed by atoms with E-state index in [4.69, 9.17) is 18.6 Å². The maximum absolute atomic E-state index is 7.14. The molecule has 13 aromatic rings. The molecule has 1 aliphatic heterocycles. The summed E-state index contributed by atoms with van der Waals surface area (Å²) in [6.07, 6.45) is 1.83. The van der Waals surface area contributed by atoms with Gasteiger partial charge >= 0.3 is 0 Å². The number of aromatic nitrogens is 2. The molecule has 0 amide bonds. The maximum atomic E-state index is 7.14. The molecule has 1 aliphatic rings. The highest BCUT2D eigenvalue weighted by Gasteiger charge is 2.33. The SMILES string of the molecule is c1ccc(-c2cccc(-c3ccccc3)c2N2CN(c3cc(Oc4ccc5c6ccccc6n(-c6ccccn6)c5c4)c4oc5ccc6c7ccccc7oc6c5c4c3)c3ccccc32)cc1. The fourth-order valence-electron chi connectivity index (χ4n) is 10.4. The van der Waals surface area contributed by atoms with E-state index in [1.807, 2.05) is 36.5 Å². The number of benzene rings is 9. The first-order valence-corrected chi connectivity index (χ1v) is 22.5. The zero-order valence-corrected chi connectivity index (χ0v) is 36.0. The van der Waals surface area contributed by atoms with Crippen molar-refractivity contribution in [2.75, 3.05) is 16.5 Å². The Morgan fingerprint density at radius 2 is 1.10 bits per heavy atom. The van der Waals surface area contributed by atoms with Crippen molar-refractivity contribution in [3.05, 3.63) is 219 Å². The molecule has 5 heterocycles. The summed E-state index contributed by atoms with van der Waals surface area (Å²) < 4.78 is 22.9. The van der Waals surface area contributed by atoms with Crippen LogP contribution in [0.3, 0.4) is 0 Å². The standard InChI is InChI=1S/C60H38N4O3/c1-3-16-38(17-4-1)42-22-15-23-43(39-18-5-2-6-19-39)58(42)63-37-62(50-25-10-11-26-51(50)63)40-34-48-57-54(32-31-47-46-21-8-12-27-53(46)66-60(47)57)67-59(48)55(35-40)65-41-29-30-45-44-20-7-9-24-49(44)64(52(45)36-41)56-28-13-14-33-61-56/h1-36H,37H2. The second-order valence-electron chi connectivity index (χ2n) is 17.1. The Morgan fingerprint density at radius 3 is 1.88 bits per heavy atom. The molecule has 0 radical (unpaired) electrons. The van der Waals surface area contributed by atoms with Crippen LogP contribution in [0.2, 0.25) is 0 Å². The van der Waals surface area contributed by atoms with Crippen molar-refractivity contribution >= 4 is 88.4 Å². The molecular formula is C60H38N4O3. The number of fused-ring (bicyclic) bond motifs is 11. The number of para-hydroxylation sites is 5. The Balaban J connectivity index is 0.985. The normalized spacial score (nSPS) is 12.7. The molecule has 0 atom stereocenters. The number of hydrogen-bond donors (Lipinski definition) is 0. The summed E-state index contributed by atoms with van der Waals surface area (Å²) in [7, 11) is 0. The molecule has 0 aliphatic carbocycles. The Bertz CT molecular complexity index is 4000. The number of rotatable bonds is 7. The van der Waals surface area contributed by atoms with Gasteiger partial charge in [-0.3, -0.25) is 4.57 Å². The first kappa shape index (κ1) is 37.3. The molecule has 7 nitrogen and oxygen atoms in total. The molecule has 7 heteroatoms. The zero-order valence-electron chi connectivity index (χ0n) is 36.0. The number of hydrogen-bond acceptors (Lipinski definition) is 6. The Labute approximate surface area is 384 Å². The van der Waals surface area contributed by atoms with E-state index >= 15 is 0 Å². The molecule has 316 valence electrons. The van der Waals surface area contributed by atoms with Crippen LogP contribution in [0.1, 0.15) is 0 Å². The number of nitrogens with zero attached hydrogens (tertiary/aromatic N) is 4. The van der Waals surface area contributed by atoms with Gasteiger partial charge in [0.05, 0.1) is 33.5 Å². The van der Waals surface area contributed by atoms with Crippen LogP contribution in [0, 0.1) is 0 Å². The molecule has 9 aromatic carbocycles. The molecule has 67 heavy (non-hydrogen) atoms. The van der Waals surface area contributed by atoms with Crippen LogP contribution in [0.25, 0.3) is 93.8 Å². The molecule has 4 aromatic heterocycles. The van der Waals surface area contributed by atoms with Gasteiger partial charge in [0.2, 0.25) is 0 Å². The van der Waals surface area contributed by atoms with E-state index in [-0.39, 0.29) is 0 Å². The zero-order chi connectivity index (χ0) is 44.0. The molecule has 0 fully saturated rings. The lowest BCUT2D eigenvalue weighted by molar-refractivity contribution is 0.477. The largest absolute Gasteiger partial charge is 0.455 e. The van der Waals surface area contributed by atoms with Crippen molar-refractivity contribution in [3.8, 4) is 39.6 Å². The highest BCUT2D eigenvalue weighted by molar-refractivity contribution is 6.23. The van der Waals surface area contributed by atoms with Crippen molar-refractivity contribution < 1.29 is 13.6 Å². The Hall–Kier alpha value is -9.07. The molecule has 0 N–H and O–H groups in total. The minimum absolute atomic E-state index is 0.542. The second-order valence-corrected chi connectivity index (χ2v) is 17.1. The van der Waals surface area contributed by atoms with Gasteiger partial charge in [0.1, 0.15) is 35.0 Å². The van der Waals surface area contributed by atoms with Gasteiger partial charge in [-0.15, -0.1) is 0 Å². The molecule has 0 unspecified atom stereocenters. The van der Waals surface area contributed by atoms with Gasteiger partial charge in [0.15, 0.2) is 11.3 Å². The second kappa shape index (κ2) is 14.7. The van der Waals surface area contributed by atoms with E-state index < -0.39 is 0 Å². The van der Waals surface area contributed by atoms with E-state index in [0.717, 1.165) is 111 Å². The first-order chi connectivity index (χ1) is 33.2. The van der Waals surface area contributed by atoms with Crippen LogP contribution in [-0.2, 0) is 0 Å². The molecular weight excluding hydrogens is 825 g/mol. The molecule has 0 bridgehead atoms. The monoisotopic (exact) mass is 862 g/mol. The molecule has 14 rings (SSSR count). The molecule has 0 saturated carbocycles. The van der Waals surface area contributed by atoms with Gasteiger partial charge in [-0.25, -0.2) is 4.98 Å². The number of ether oxygens (including phenoxy) is 1. The lowest BCUT2D eigenvalue weighted by Crippen LogP contribution is -2.25. The van der Waals surface area contributed by atoms with Crippen molar-refractivity contribution in [3.63, 3.8) is 0 Å². The van der Waals surface area contributed by atoms with E-state index in [0.29, 0.717) is 23.8 Å². The Morgan fingerprint density at radius 1 is 0.448 bits per heavy atom. The minimum atomic E-state index is 0.542. The van der Waals surface area contributed by atoms with E-state index in [2.05, 4.69) is 196 Å². The average molecular weight is 863 g/mol. The van der Waals surface area contributed by atoms with Crippen molar-refractivity contribution in [2.45, 2.75) is 0 Å². The summed E-state index contributed by atoms with van der Waals surface area (Å²) in [6.45, 7) is 0.542. The first-order valence-electron chi connectivity index (χ1n) is 22.5. The van der Waals surface area contributed by atoms with E-state index in [9.17, 15) is 0 Å². The minimum Gasteiger partial charge on any atom is -0.455 e. The van der Waals surface area contributed by atoms with Gasteiger partial charge in [0.25, 0.3) is 0 Å². The maximum Gasteiger partial charge on any atom is 0.178 e. The number of anilines is 4. The predicted molar refractivity (Wildman–Crippen MR) is 273 cm³/mol. The van der Waals surface area contributed by atoms with Gasteiger partial charge in [0, 0.05) is 62.1 Å². The van der Waals surface area contributed by atoms with Crippen LogP contribution in [-0.4, -0.2) is 16.2 Å². The van der Waals surface area contributed by atoms with Gasteiger partial charge < -0.3 is 23.4 Å². The Kier molecular flexibility index (Phi) is 8.21. The highest BCUT2D eigenvalue weighted by Crippen LogP contribution is 2.52. The fourth-order valence-corrected chi connectivity index (χ4v) is 10.4. The van der Waals surface area contributed by atoms with Crippen LogP contribution in [0.5, 0.6) is 11.5 Å². The van der Waals surface area contributed by atoms with Crippen molar-refractivity contribution in [1.82, 2.24) is 9.55 Å². The van der Waals surface area contributed by atoms with Gasteiger partial charge in [-0.05, 0) is 77.9 Å². The third kappa shape index (κ3) is 5.81. The number of furan rings is 2. The summed E-state index contributed by atoms with van der Waals surface area (Å²) >= 11 is 0. The van der Waals surface area contributed by atoms with Gasteiger partial charge in [-0.2, -0.15) is 0 Å². The number of pyridine rings is 1. The highest BCUT2D eigenvalue weighted by atomic mass is 16.5. The van der Waals surface area contributed by atoms with Crippen LogP contribution >= 0.6 is 0 Å². The molecule has 0 saturated heterocycles. The third-order valence-corrected chi connectivity index (χ3v) is 13.3. The van der Waals surface area contributed by atoms with Gasteiger partial charge in [-0.1, -0.05) is 133 Å². The van der Waals surface area contributed by atoms with E-state index in [1.165, 1.54) is 0 Å². The summed E-state index contributed by atoms with van der Waals surface area (Å²) in [5, 5.41) is 6.17. The predicted octanol–water partition coefficient (Wildman–Crippen LogP) is 16.4. The van der Waals surface area contributed by atoms with Crippen LogP contribution < -0.4 is 14.5 Å². The lowest BCUT2D eigenvalue weighted by atomic mass is 9.95. The van der Waals surface area contributed by atoms with Crippen LogP contribution in [0.15, 0.2) is 227 Å². The summed E-state index contributed by atoms with van der Waals surface area (Å²) in [5.74, 6) is 2.11. The summed E-state index contributed by atoms with van der Waals surface area (Å²) in [5.41, 5.74) is 14.0. The summed E-state index contributed by atoms with van der Waals surface area (Å²) in [6, 6.07) is 74.2. The van der Waals surface area contributed by atoms with Crippen molar-refractivity contribution in [2.24, 2.45) is 0 Å². The average Bonchev–Trinajstić information content (AvgIpc) is 4.16. The fraction of sp³-hybridized carbons (Fsp3) is 0.0167. The summed E-state index contributed by atoms with van der Waals surface area (Å²) in [4.78, 5) is 9.62. The van der Waals surface area contributed by atoms with Crippen LogP contribution in [0.4, 0.5) is 22.7 Å². The molecule has 0 spiro atoms. The van der Waals surface area contributed by atoms with Crippen molar-refractivity contribution in [1.29, 1.82) is 0 Å². The smallest absolute Gasteiger partial charge is 0.178 e.